The van der Waals surface area contributed by atoms with Gasteiger partial charge in [0.15, 0.2) is 0 Å². The summed E-state index contributed by atoms with van der Waals surface area (Å²) in [5.74, 6) is 0.783. The second-order valence-electron chi connectivity index (χ2n) is 10.0. The molecule has 2 amide bonds. The summed E-state index contributed by atoms with van der Waals surface area (Å²) in [5, 5.41) is 20.1. The van der Waals surface area contributed by atoms with Crippen molar-refractivity contribution >= 4 is 23.6 Å². The third-order valence-electron chi connectivity index (χ3n) is 7.27. The molecule has 1 aromatic carbocycles. The molecule has 3 aliphatic heterocycles. The van der Waals surface area contributed by atoms with Crippen molar-refractivity contribution in [2.75, 3.05) is 69.1 Å². The number of aliphatic hydroxyl groups excluding tert-OH is 1. The summed E-state index contributed by atoms with van der Waals surface area (Å²) in [6.45, 7) is 7.97. The highest BCUT2D eigenvalue weighted by atomic mass is 16.3. The third-order valence-corrected chi connectivity index (χ3v) is 7.27. The van der Waals surface area contributed by atoms with Gasteiger partial charge in [0.1, 0.15) is 11.5 Å². The average molecular weight is 509 g/mol. The van der Waals surface area contributed by atoms with E-state index < -0.39 is 6.10 Å². The summed E-state index contributed by atoms with van der Waals surface area (Å²) >= 11 is 0. The van der Waals surface area contributed by atoms with E-state index in [2.05, 4.69) is 49.0 Å². The average Bonchev–Trinajstić information content (AvgIpc) is 2.89. The number of benzene rings is 1. The summed E-state index contributed by atoms with van der Waals surface area (Å²) in [4.78, 5) is 40.0. The number of amides is 2. The first kappa shape index (κ1) is 25.4. The molecule has 11 heteroatoms. The minimum Gasteiger partial charge on any atom is -0.390 e. The number of aromatic nitrogens is 2. The van der Waals surface area contributed by atoms with Crippen molar-refractivity contribution in [2.24, 2.45) is 0 Å². The summed E-state index contributed by atoms with van der Waals surface area (Å²) in [6.07, 6.45) is 0.278. The zero-order chi connectivity index (χ0) is 25.8. The Morgan fingerprint density at radius 1 is 1.11 bits per heavy atom. The molecular weight excluding hydrogens is 472 g/mol. The van der Waals surface area contributed by atoms with Crippen LogP contribution in [0.3, 0.4) is 0 Å². The van der Waals surface area contributed by atoms with E-state index in [0.717, 1.165) is 32.6 Å². The molecule has 3 aliphatic rings. The molecule has 37 heavy (non-hydrogen) atoms. The number of β-amino-alcohol motifs (C(OH)–C–C–N with tert-alkyl or cyclic N) is 1. The maximum absolute atomic E-state index is 13.1. The number of carbonyl (C=O) groups is 2. The van der Waals surface area contributed by atoms with Crippen LogP contribution in [-0.2, 0) is 17.8 Å². The van der Waals surface area contributed by atoms with Gasteiger partial charge in [0.2, 0.25) is 11.9 Å². The first-order valence-corrected chi connectivity index (χ1v) is 13.1. The molecule has 0 radical (unpaired) electrons. The Morgan fingerprint density at radius 3 is 2.57 bits per heavy atom. The summed E-state index contributed by atoms with van der Waals surface area (Å²) in [7, 11) is 0. The fourth-order valence-corrected chi connectivity index (χ4v) is 4.96. The van der Waals surface area contributed by atoms with E-state index in [0.29, 0.717) is 44.5 Å². The lowest BCUT2D eigenvalue weighted by Gasteiger charge is -2.34. The summed E-state index contributed by atoms with van der Waals surface area (Å²) in [6, 6.07) is 10.3. The molecule has 198 valence electrons. The molecule has 1 atom stereocenters. The van der Waals surface area contributed by atoms with Crippen LogP contribution in [0.2, 0.25) is 0 Å². The molecule has 11 nitrogen and oxygen atoms in total. The van der Waals surface area contributed by atoms with Crippen LogP contribution >= 0.6 is 0 Å². The monoisotopic (exact) mass is 508 g/mol. The van der Waals surface area contributed by atoms with Crippen molar-refractivity contribution in [3.05, 3.63) is 47.2 Å². The van der Waals surface area contributed by atoms with Crippen molar-refractivity contribution in [3.63, 3.8) is 0 Å². The summed E-state index contributed by atoms with van der Waals surface area (Å²) < 4.78 is 0. The molecule has 5 rings (SSSR count). The number of fused-ring (bicyclic) bond motifs is 1. The van der Waals surface area contributed by atoms with Gasteiger partial charge < -0.3 is 30.9 Å². The van der Waals surface area contributed by atoms with Gasteiger partial charge in [-0.1, -0.05) is 24.3 Å². The molecule has 0 saturated carbocycles. The van der Waals surface area contributed by atoms with Crippen LogP contribution in [0.15, 0.2) is 30.3 Å². The Labute approximate surface area is 217 Å². The Morgan fingerprint density at radius 2 is 1.86 bits per heavy atom. The predicted molar refractivity (Wildman–Crippen MR) is 141 cm³/mol. The van der Waals surface area contributed by atoms with Crippen LogP contribution in [0.1, 0.15) is 28.5 Å². The largest absolute Gasteiger partial charge is 0.390 e. The summed E-state index contributed by atoms with van der Waals surface area (Å²) in [5.41, 5.74) is 2.92. The number of hydrogen-bond donors (Lipinski definition) is 4. The Hall–Kier alpha value is -3.28. The van der Waals surface area contributed by atoms with E-state index >= 15 is 0 Å². The molecular formula is C26H36N8O3. The molecule has 0 unspecified atom stereocenters. The number of piperazine rings is 1. The fraction of sp³-hybridized carbons (Fsp3) is 0.538. The zero-order valence-electron chi connectivity index (χ0n) is 21.3. The van der Waals surface area contributed by atoms with E-state index in [4.69, 9.17) is 0 Å². The number of nitrogens with one attached hydrogen (secondary N) is 3. The van der Waals surface area contributed by atoms with E-state index in [9.17, 15) is 14.7 Å². The molecule has 2 aromatic rings. The van der Waals surface area contributed by atoms with Gasteiger partial charge in [-0.05, 0) is 17.5 Å². The van der Waals surface area contributed by atoms with Crippen LogP contribution in [0, 0.1) is 0 Å². The number of aliphatic hydroxyl groups is 1. The van der Waals surface area contributed by atoms with Crippen LogP contribution in [0.5, 0.6) is 0 Å². The lowest BCUT2D eigenvalue weighted by molar-refractivity contribution is -0.129. The van der Waals surface area contributed by atoms with Crippen LogP contribution < -0.4 is 20.9 Å². The zero-order valence-corrected chi connectivity index (χ0v) is 21.3. The van der Waals surface area contributed by atoms with Crippen molar-refractivity contribution in [1.29, 1.82) is 0 Å². The number of carbonyl (C=O) groups excluding carboxylic acids is 2. The standard InChI is InChI=1S/C26H36N8O3/c1-18(35)33-8-10-34(11-9-33)26-30-23(12-24(31-26)29-21-13-27-14-21)25(37)28-15-22(36)17-32-7-6-19-4-2-3-5-20(19)16-32/h2-5,12,21-22,27,36H,6-11,13-17H2,1H3,(H,28,37)(H,29,30,31)/t22-/m0/s1. The van der Waals surface area contributed by atoms with E-state index in [-0.39, 0.29) is 30.1 Å². The van der Waals surface area contributed by atoms with Gasteiger partial charge in [-0.15, -0.1) is 0 Å². The molecule has 4 heterocycles. The van der Waals surface area contributed by atoms with Gasteiger partial charge in [0, 0.05) is 78.4 Å². The van der Waals surface area contributed by atoms with Gasteiger partial charge in [-0.2, -0.15) is 4.98 Å². The van der Waals surface area contributed by atoms with Gasteiger partial charge in [-0.3, -0.25) is 14.5 Å². The first-order chi connectivity index (χ1) is 17.9. The highest BCUT2D eigenvalue weighted by molar-refractivity contribution is 5.93. The van der Waals surface area contributed by atoms with E-state index in [1.54, 1.807) is 17.9 Å². The molecule has 2 fully saturated rings. The first-order valence-electron chi connectivity index (χ1n) is 13.1. The van der Waals surface area contributed by atoms with Gasteiger partial charge >= 0.3 is 0 Å². The van der Waals surface area contributed by atoms with Crippen molar-refractivity contribution in [1.82, 2.24) is 30.4 Å². The molecule has 4 N–H and O–H groups in total. The number of rotatable bonds is 8. The van der Waals surface area contributed by atoms with Gasteiger partial charge in [0.25, 0.3) is 5.91 Å². The highest BCUT2D eigenvalue weighted by Crippen LogP contribution is 2.19. The Bertz CT molecular complexity index is 1120. The minimum absolute atomic E-state index is 0.0563. The normalized spacial score (nSPS) is 19.1. The molecule has 0 bridgehead atoms. The van der Waals surface area contributed by atoms with Crippen LogP contribution in [0.4, 0.5) is 11.8 Å². The maximum Gasteiger partial charge on any atom is 0.270 e. The number of anilines is 2. The lowest BCUT2D eigenvalue weighted by Crippen LogP contribution is -2.51. The van der Waals surface area contributed by atoms with Crippen LogP contribution in [0.25, 0.3) is 0 Å². The maximum atomic E-state index is 13.1. The Balaban J connectivity index is 1.20. The van der Waals surface area contributed by atoms with Crippen LogP contribution in [-0.4, -0.2) is 108 Å². The number of nitrogens with zero attached hydrogens (tertiary/aromatic N) is 5. The lowest BCUT2D eigenvalue weighted by atomic mass is 10.00. The molecule has 1 aromatic heterocycles. The topological polar surface area (TPSA) is 126 Å². The molecule has 0 spiro atoms. The minimum atomic E-state index is -0.686. The van der Waals surface area contributed by atoms with Crippen molar-refractivity contribution < 1.29 is 14.7 Å². The SMILES string of the molecule is CC(=O)N1CCN(c2nc(NC3CNC3)cc(C(=O)NC[C@H](O)CN3CCc4ccccc4C3)n2)CC1. The fourth-order valence-electron chi connectivity index (χ4n) is 4.96. The van der Waals surface area contributed by atoms with Crippen molar-refractivity contribution in [3.8, 4) is 0 Å². The second-order valence-corrected chi connectivity index (χ2v) is 10.0. The van der Waals surface area contributed by atoms with Gasteiger partial charge in [0.05, 0.1) is 12.1 Å². The van der Waals surface area contributed by atoms with E-state index in [1.807, 2.05) is 11.0 Å². The molecule has 0 aliphatic carbocycles. The highest BCUT2D eigenvalue weighted by Gasteiger charge is 2.25. The third kappa shape index (κ3) is 6.35. The van der Waals surface area contributed by atoms with Gasteiger partial charge in [-0.25, -0.2) is 4.98 Å². The number of hydrogen-bond acceptors (Lipinski definition) is 9. The smallest absolute Gasteiger partial charge is 0.270 e. The quantitative estimate of drug-likeness (QED) is 0.380. The second kappa shape index (κ2) is 11.4. The predicted octanol–water partition coefficient (Wildman–Crippen LogP) is -0.322. The van der Waals surface area contributed by atoms with E-state index in [1.165, 1.54) is 11.1 Å². The van der Waals surface area contributed by atoms with Crippen molar-refractivity contribution in [2.45, 2.75) is 32.0 Å². The molecule has 2 saturated heterocycles. The Kier molecular flexibility index (Phi) is 7.82.